The lowest BCUT2D eigenvalue weighted by Crippen LogP contribution is -2.43. The molecule has 1 aromatic rings. The standard InChI is InChI=1S/C12H21N3OS/c1-4-5-6-13-10(16)9-15-12(2,3)11-14-7-8-17-11/h7-8,15H,4-6,9H2,1-3H3,(H,13,16). The molecule has 0 bridgehead atoms. The number of rotatable bonds is 7. The number of aromatic nitrogens is 1. The van der Waals surface area contributed by atoms with Crippen LogP contribution in [0.5, 0.6) is 0 Å². The summed E-state index contributed by atoms with van der Waals surface area (Å²) in [6, 6.07) is 0. The predicted molar refractivity (Wildman–Crippen MR) is 71.1 cm³/mol. The zero-order valence-electron chi connectivity index (χ0n) is 10.7. The molecule has 1 amide bonds. The molecule has 1 aromatic heterocycles. The normalized spacial score (nSPS) is 11.5. The summed E-state index contributed by atoms with van der Waals surface area (Å²) in [6.07, 6.45) is 3.91. The van der Waals surface area contributed by atoms with Crippen molar-refractivity contribution in [2.45, 2.75) is 39.2 Å². The van der Waals surface area contributed by atoms with Crippen molar-refractivity contribution in [2.75, 3.05) is 13.1 Å². The number of hydrogen-bond acceptors (Lipinski definition) is 4. The predicted octanol–water partition coefficient (Wildman–Crippen LogP) is 1.88. The highest BCUT2D eigenvalue weighted by atomic mass is 32.1. The molecule has 4 nitrogen and oxygen atoms in total. The van der Waals surface area contributed by atoms with Crippen LogP contribution in [0.1, 0.15) is 38.6 Å². The maximum atomic E-state index is 11.5. The monoisotopic (exact) mass is 255 g/mol. The average molecular weight is 255 g/mol. The van der Waals surface area contributed by atoms with Crippen molar-refractivity contribution in [3.05, 3.63) is 16.6 Å². The first-order valence-electron chi connectivity index (χ1n) is 5.98. The minimum absolute atomic E-state index is 0.0445. The van der Waals surface area contributed by atoms with Crippen LogP contribution < -0.4 is 10.6 Å². The summed E-state index contributed by atoms with van der Waals surface area (Å²) in [5.41, 5.74) is -0.254. The second-order valence-corrected chi connectivity index (χ2v) is 5.41. The number of hydrogen-bond donors (Lipinski definition) is 2. The Morgan fingerprint density at radius 1 is 1.53 bits per heavy atom. The Hall–Kier alpha value is -0.940. The lowest BCUT2D eigenvalue weighted by atomic mass is 10.1. The Morgan fingerprint density at radius 3 is 2.88 bits per heavy atom. The van der Waals surface area contributed by atoms with E-state index >= 15 is 0 Å². The molecule has 0 aliphatic carbocycles. The molecule has 0 unspecified atom stereocenters. The first-order chi connectivity index (χ1) is 8.06. The third-order valence-corrected chi connectivity index (χ3v) is 3.61. The van der Waals surface area contributed by atoms with Crippen molar-refractivity contribution < 1.29 is 4.79 Å². The summed E-state index contributed by atoms with van der Waals surface area (Å²) in [5.74, 6) is 0.0445. The molecule has 0 saturated carbocycles. The molecular weight excluding hydrogens is 234 g/mol. The Morgan fingerprint density at radius 2 is 2.29 bits per heavy atom. The third kappa shape index (κ3) is 4.83. The summed E-state index contributed by atoms with van der Waals surface area (Å²) in [7, 11) is 0. The topological polar surface area (TPSA) is 54.0 Å². The lowest BCUT2D eigenvalue weighted by molar-refractivity contribution is -0.120. The molecule has 0 aromatic carbocycles. The summed E-state index contributed by atoms with van der Waals surface area (Å²) >= 11 is 1.60. The third-order valence-electron chi connectivity index (χ3n) is 2.51. The Kier molecular flexibility index (Phi) is 5.58. The van der Waals surface area contributed by atoms with Crippen molar-refractivity contribution in [1.29, 1.82) is 0 Å². The molecular formula is C12H21N3OS. The number of amides is 1. The molecule has 0 atom stereocenters. The highest BCUT2D eigenvalue weighted by Gasteiger charge is 2.23. The van der Waals surface area contributed by atoms with Crippen LogP contribution in [0.3, 0.4) is 0 Å². The number of unbranched alkanes of at least 4 members (excludes halogenated alkanes) is 1. The van der Waals surface area contributed by atoms with Gasteiger partial charge in [0.25, 0.3) is 0 Å². The van der Waals surface area contributed by atoms with Gasteiger partial charge in [-0.3, -0.25) is 10.1 Å². The van der Waals surface area contributed by atoms with Crippen LogP contribution in [0.4, 0.5) is 0 Å². The van der Waals surface area contributed by atoms with Gasteiger partial charge in [-0.05, 0) is 20.3 Å². The second kappa shape index (κ2) is 6.71. The van der Waals surface area contributed by atoms with Crippen molar-refractivity contribution in [3.8, 4) is 0 Å². The van der Waals surface area contributed by atoms with Gasteiger partial charge in [-0.25, -0.2) is 4.98 Å². The number of carbonyl (C=O) groups is 1. The van der Waals surface area contributed by atoms with E-state index in [0.717, 1.165) is 24.4 Å². The molecule has 0 radical (unpaired) electrons. The number of nitrogens with one attached hydrogen (secondary N) is 2. The lowest BCUT2D eigenvalue weighted by Gasteiger charge is -2.23. The van der Waals surface area contributed by atoms with Gasteiger partial charge < -0.3 is 5.32 Å². The van der Waals surface area contributed by atoms with Gasteiger partial charge in [0.2, 0.25) is 5.91 Å². The van der Waals surface area contributed by atoms with Crippen molar-refractivity contribution in [3.63, 3.8) is 0 Å². The highest BCUT2D eigenvalue weighted by Crippen LogP contribution is 2.21. The van der Waals surface area contributed by atoms with Gasteiger partial charge in [0, 0.05) is 18.1 Å². The van der Waals surface area contributed by atoms with E-state index in [-0.39, 0.29) is 11.4 Å². The fraction of sp³-hybridized carbons (Fsp3) is 0.667. The minimum Gasteiger partial charge on any atom is -0.355 e. The van der Waals surface area contributed by atoms with Crippen LogP contribution in [0, 0.1) is 0 Å². The molecule has 1 rings (SSSR count). The molecule has 2 N–H and O–H groups in total. The molecule has 5 heteroatoms. The number of carbonyl (C=O) groups excluding carboxylic acids is 1. The highest BCUT2D eigenvalue weighted by molar-refractivity contribution is 7.09. The van der Waals surface area contributed by atoms with Gasteiger partial charge in [0.15, 0.2) is 0 Å². The maximum absolute atomic E-state index is 11.5. The van der Waals surface area contributed by atoms with Crippen LogP contribution in [0.25, 0.3) is 0 Å². The Bertz CT molecular complexity index is 336. The molecule has 0 fully saturated rings. The van der Waals surface area contributed by atoms with E-state index in [1.54, 1.807) is 17.5 Å². The van der Waals surface area contributed by atoms with Gasteiger partial charge in [0.05, 0.1) is 12.1 Å². The number of thiazole rings is 1. The van der Waals surface area contributed by atoms with Crippen LogP contribution in [0.15, 0.2) is 11.6 Å². The summed E-state index contributed by atoms with van der Waals surface area (Å²) in [5, 5.41) is 9.05. The van der Waals surface area contributed by atoms with Gasteiger partial charge in [-0.15, -0.1) is 11.3 Å². The van der Waals surface area contributed by atoms with Crippen molar-refractivity contribution >= 4 is 17.2 Å². The van der Waals surface area contributed by atoms with Crippen LogP contribution in [0.2, 0.25) is 0 Å². The summed E-state index contributed by atoms with van der Waals surface area (Å²) in [6.45, 7) is 7.26. The summed E-state index contributed by atoms with van der Waals surface area (Å²) < 4.78 is 0. The summed E-state index contributed by atoms with van der Waals surface area (Å²) in [4.78, 5) is 15.8. The van der Waals surface area contributed by atoms with E-state index in [9.17, 15) is 4.79 Å². The average Bonchev–Trinajstić information content (AvgIpc) is 2.81. The SMILES string of the molecule is CCCCNC(=O)CNC(C)(C)c1nccs1. The Labute approximate surface area is 107 Å². The van der Waals surface area contributed by atoms with E-state index in [1.807, 2.05) is 19.2 Å². The molecule has 0 spiro atoms. The van der Waals surface area contributed by atoms with E-state index in [4.69, 9.17) is 0 Å². The van der Waals surface area contributed by atoms with E-state index in [1.165, 1.54) is 0 Å². The van der Waals surface area contributed by atoms with Gasteiger partial charge in [0.1, 0.15) is 5.01 Å². The van der Waals surface area contributed by atoms with Crippen LogP contribution in [-0.4, -0.2) is 24.0 Å². The minimum atomic E-state index is -0.254. The zero-order chi connectivity index (χ0) is 12.7. The molecule has 0 aliphatic heterocycles. The largest absolute Gasteiger partial charge is 0.355 e. The van der Waals surface area contributed by atoms with E-state index < -0.39 is 0 Å². The fourth-order valence-corrected chi connectivity index (χ4v) is 2.12. The van der Waals surface area contributed by atoms with Gasteiger partial charge in [-0.2, -0.15) is 0 Å². The molecule has 17 heavy (non-hydrogen) atoms. The molecule has 96 valence electrons. The quantitative estimate of drug-likeness (QED) is 0.732. The smallest absolute Gasteiger partial charge is 0.233 e. The molecule has 0 saturated heterocycles. The zero-order valence-corrected chi connectivity index (χ0v) is 11.6. The maximum Gasteiger partial charge on any atom is 0.233 e. The van der Waals surface area contributed by atoms with E-state index in [2.05, 4.69) is 22.5 Å². The second-order valence-electron chi connectivity index (χ2n) is 4.52. The van der Waals surface area contributed by atoms with Crippen LogP contribution >= 0.6 is 11.3 Å². The van der Waals surface area contributed by atoms with E-state index in [0.29, 0.717) is 6.54 Å². The van der Waals surface area contributed by atoms with Crippen molar-refractivity contribution in [2.24, 2.45) is 0 Å². The van der Waals surface area contributed by atoms with Gasteiger partial charge in [-0.1, -0.05) is 13.3 Å². The Balaban J connectivity index is 2.32. The number of nitrogens with zero attached hydrogens (tertiary/aromatic N) is 1. The molecule has 0 aliphatic rings. The first kappa shape index (κ1) is 14.1. The van der Waals surface area contributed by atoms with Crippen molar-refractivity contribution in [1.82, 2.24) is 15.6 Å². The fourth-order valence-electron chi connectivity index (χ4n) is 1.38. The first-order valence-corrected chi connectivity index (χ1v) is 6.86. The van der Waals surface area contributed by atoms with Gasteiger partial charge >= 0.3 is 0 Å². The molecule has 1 heterocycles. The van der Waals surface area contributed by atoms with Crippen LogP contribution in [-0.2, 0) is 10.3 Å².